The van der Waals surface area contributed by atoms with Gasteiger partial charge < -0.3 is 4.52 Å². The van der Waals surface area contributed by atoms with Crippen LogP contribution in [-0.4, -0.2) is 15.6 Å². The van der Waals surface area contributed by atoms with Crippen molar-refractivity contribution in [1.29, 1.82) is 0 Å². The normalized spacial score (nSPS) is 13.1. The molecule has 1 atom stereocenters. The minimum Gasteiger partial charge on any atom is -0.404 e. The van der Waals surface area contributed by atoms with Crippen LogP contribution in [0.25, 0.3) is 0 Å². The quantitative estimate of drug-likeness (QED) is 0.776. The molecular weight excluding hydrogens is 255 g/mol. The summed E-state index contributed by atoms with van der Waals surface area (Å²) in [6, 6.07) is 6.37. The lowest BCUT2D eigenvalue weighted by Gasteiger charge is -2.10. The predicted octanol–water partition coefficient (Wildman–Crippen LogP) is 2.32. The van der Waals surface area contributed by atoms with Gasteiger partial charge in [-0.15, -0.1) is 0 Å². The SMILES string of the molecule is CCC(=O)C(C)Cc1ccc(OP(=O)(O)O)cc1. The number of hydrogen-bond acceptors (Lipinski definition) is 3. The molecule has 1 unspecified atom stereocenters. The third-order valence-corrected chi connectivity index (χ3v) is 3.04. The molecule has 0 aromatic heterocycles. The lowest BCUT2D eigenvalue weighted by Crippen LogP contribution is -2.12. The number of benzene rings is 1. The van der Waals surface area contributed by atoms with Crippen LogP contribution in [0.2, 0.25) is 0 Å². The Kier molecular flexibility index (Phi) is 5.08. The summed E-state index contributed by atoms with van der Waals surface area (Å²) in [4.78, 5) is 28.7. The second-order valence-corrected chi connectivity index (χ2v) is 5.31. The Morgan fingerprint density at radius 2 is 1.89 bits per heavy atom. The average Bonchev–Trinajstić information content (AvgIpc) is 2.28. The van der Waals surface area contributed by atoms with Crippen molar-refractivity contribution in [3.63, 3.8) is 0 Å². The number of hydrogen-bond donors (Lipinski definition) is 2. The summed E-state index contributed by atoms with van der Waals surface area (Å²) in [6.07, 6.45) is 1.13. The lowest BCUT2D eigenvalue weighted by atomic mass is 9.96. The fourth-order valence-electron chi connectivity index (χ4n) is 1.64. The smallest absolute Gasteiger partial charge is 0.404 e. The van der Waals surface area contributed by atoms with Crippen LogP contribution in [0.15, 0.2) is 24.3 Å². The number of carbonyl (C=O) groups excluding carboxylic acids is 1. The van der Waals surface area contributed by atoms with E-state index < -0.39 is 7.82 Å². The van der Waals surface area contributed by atoms with Gasteiger partial charge in [-0.25, -0.2) is 4.57 Å². The minimum atomic E-state index is -4.50. The van der Waals surface area contributed by atoms with Crippen molar-refractivity contribution >= 4 is 13.6 Å². The van der Waals surface area contributed by atoms with E-state index in [1.54, 1.807) is 12.1 Å². The molecule has 0 amide bonds. The molecule has 0 fully saturated rings. The molecule has 1 aromatic rings. The van der Waals surface area contributed by atoms with E-state index >= 15 is 0 Å². The zero-order valence-electron chi connectivity index (χ0n) is 10.4. The van der Waals surface area contributed by atoms with E-state index in [1.165, 1.54) is 12.1 Å². The van der Waals surface area contributed by atoms with Crippen molar-refractivity contribution in [2.75, 3.05) is 0 Å². The van der Waals surface area contributed by atoms with Crippen LogP contribution >= 0.6 is 7.82 Å². The molecule has 0 spiro atoms. The molecule has 0 aliphatic carbocycles. The Hall–Kier alpha value is -1.16. The number of rotatable bonds is 6. The molecule has 0 aliphatic heterocycles. The summed E-state index contributed by atoms with van der Waals surface area (Å²) in [5, 5.41) is 0. The average molecular weight is 272 g/mol. The van der Waals surface area contributed by atoms with Gasteiger partial charge in [0.05, 0.1) is 0 Å². The lowest BCUT2D eigenvalue weighted by molar-refractivity contribution is -0.122. The van der Waals surface area contributed by atoms with E-state index in [-0.39, 0.29) is 17.5 Å². The van der Waals surface area contributed by atoms with Gasteiger partial charge in [0, 0.05) is 12.3 Å². The number of phosphoric ester groups is 1. The van der Waals surface area contributed by atoms with E-state index in [0.29, 0.717) is 12.8 Å². The van der Waals surface area contributed by atoms with Gasteiger partial charge in [0.2, 0.25) is 0 Å². The first-order chi connectivity index (χ1) is 8.31. The second-order valence-electron chi connectivity index (χ2n) is 4.15. The maximum atomic E-state index is 11.4. The number of carbonyl (C=O) groups is 1. The summed E-state index contributed by atoms with van der Waals surface area (Å²) in [5.74, 6) is 0.260. The maximum Gasteiger partial charge on any atom is 0.524 e. The van der Waals surface area contributed by atoms with Crippen molar-refractivity contribution in [3.05, 3.63) is 29.8 Å². The van der Waals surface area contributed by atoms with Gasteiger partial charge in [-0.3, -0.25) is 14.6 Å². The van der Waals surface area contributed by atoms with E-state index in [9.17, 15) is 9.36 Å². The van der Waals surface area contributed by atoms with Crippen molar-refractivity contribution in [2.24, 2.45) is 5.92 Å². The largest absolute Gasteiger partial charge is 0.524 e. The molecule has 0 radical (unpaired) electrons. The molecule has 1 aromatic carbocycles. The number of phosphoric acid groups is 1. The van der Waals surface area contributed by atoms with Crippen molar-refractivity contribution in [3.8, 4) is 5.75 Å². The molecule has 5 nitrogen and oxygen atoms in total. The summed E-state index contributed by atoms with van der Waals surface area (Å²) >= 11 is 0. The Balaban J connectivity index is 2.66. The van der Waals surface area contributed by atoms with Crippen molar-refractivity contribution in [2.45, 2.75) is 26.7 Å². The molecule has 0 saturated heterocycles. The number of Topliss-reactive ketones (excluding diaryl/α,β-unsaturated/α-hetero) is 1. The van der Waals surface area contributed by atoms with Crippen LogP contribution in [0.1, 0.15) is 25.8 Å². The van der Waals surface area contributed by atoms with Crippen LogP contribution in [0.3, 0.4) is 0 Å². The molecule has 18 heavy (non-hydrogen) atoms. The zero-order chi connectivity index (χ0) is 13.8. The van der Waals surface area contributed by atoms with Crippen LogP contribution in [0.5, 0.6) is 5.75 Å². The minimum absolute atomic E-state index is 0.0523. The molecule has 0 bridgehead atoms. The van der Waals surface area contributed by atoms with Crippen LogP contribution < -0.4 is 4.52 Å². The monoisotopic (exact) mass is 272 g/mol. The fraction of sp³-hybridized carbons (Fsp3) is 0.417. The highest BCUT2D eigenvalue weighted by atomic mass is 31.2. The Morgan fingerprint density at radius 3 is 2.33 bits per heavy atom. The third kappa shape index (κ3) is 5.00. The third-order valence-electron chi connectivity index (χ3n) is 2.59. The van der Waals surface area contributed by atoms with Crippen molar-refractivity contribution < 1.29 is 23.7 Å². The zero-order valence-corrected chi connectivity index (χ0v) is 11.3. The van der Waals surface area contributed by atoms with Gasteiger partial charge in [0.15, 0.2) is 0 Å². The number of ketones is 1. The summed E-state index contributed by atoms with van der Waals surface area (Å²) < 4.78 is 15.0. The maximum absolute atomic E-state index is 11.4. The van der Waals surface area contributed by atoms with E-state index in [2.05, 4.69) is 4.52 Å². The molecule has 1 rings (SSSR count). The first kappa shape index (κ1) is 14.9. The summed E-state index contributed by atoms with van der Waals surface area (Å²) in [7, 11) is -4.50. The fourth-order valence-corrected chi connectivity index (χ4v) is 2.04. The van der Waals surface area contributed by atoms with Crippen molar-refractivity contribution in [1.82, 2.24) is 0 Å². The second kappa shape index (κ2) is 6.14. The van der Waals surface area contributed by atoms with Gasteiger partial charge in [-0.05, 0) is 24.1 Å². The Bertz CT molecular complexity index is 448. The molecular formula is C12H17O5P. The van der Waals surface area contributed by atoms with Gasteiger partial charge >= 0.3 is 7.82 Å². The van der Waals surface area contributed by atoms with Gasteiger partial charge in [-0.1, -0.05) is 26.0 Å². The molecule has 0 aliphatic rings. The topological polar surface area (TPSA) is 83.8 Å². The molecule has 0 saturated carbocycles. The van der Waals surface area contributed by atoms with E-state index in [4.69, 9.17) is 9.79 Å². The predicted molar refractivity (Wildman–Crippen MR) is 67.3 cm³/mol. The molecule has 6 heteroatoms. The van der Waals surface area contributed by atoms with E-state index in [1.807, 2.05) is 13.8 Å². The molecule has 2 N–H and O–H groups in total. The Labute approximate surface area is 106 Å². The van der Waals surface area contributed by atoms with Crippen LogP contribution in [0.4, 0.5) is 0 Å². The first-order valence-corrected chi connectivity index (χ1v) is 7.21. The standard InChI is InChI=1S/C12H17O5P/c1-3-12(13)9(2)8-10-4-6-11(7-5-10)17-18(14,15)16/h4-7,9H,3,8H2,1-2H3,(H2,14,15,16). The molecule has 0 heterocycles. The van der Waals surface area contributed by atoms with Gasteiger partial charge in [0.25, 0.3) is 0 Å². The first-order valence-electron chi connectivity index (χ1n) is 5.68. The highest BCUT2D eigenvalue weighted by molar-refractivity contribution is 7.46. The highest BCUT2D eigenvalue weighted by Crippen LogP contribution is 2.37. The van der Waals surface area contributed by atoms with Crippen LogP contribution in [-0.2, 0) is 15.8 Å². The Morgan fingerprint density at radius 1 is 1.33 bits per heavy atom. The summed E-state index contributed by atoms with van der Waals surface area (Å²) in [5.41, 5.74) is 0.933. The van der Waals surface area contributed by atoms with E-state index in [0.717, 1.165) is 5.56 Å². The van der Waals surface area contributed by atoms with Gasteiger partial charge in [-0.2, -0.15) is 0 Å². The van der Waals surface area contributed by atoms with Crippen LogP contribution in [0, 0.1) is 5.92 Å². The highest BCUT2D eigenvalue weighted by Gasteiger charge is 2.16. The summed E-state index contributed by atoms with van der Waals surface area (Å²) in [6.45, 7) is 3.70. The molecule has 100 valence electrons. The van der Waals surface area contributed by atoms with Gasteiger partial charge in [0.1, 0.15) is 11.5 Å².